The van der Waals surface area contributed by atoms with Gasteiger partial charge in [-0.05, 0) is 38.1 Å². The Hall–Kier alpha value is -2.18. The number of halogens is 3. The van der Waals surface area contributed by atoms with Crippen molar-refractivity contribution in [2.75, 3.05) is 5.32 Å². The third kappa shape index (κ3) is 3.91. The summed E-state index contributed by atoms with van der Waals surface area (Å²) in [6.45, 7) is 4.01. The molecule has 108 valence electrons. The molecule has 0 unspecified atom stereocenters. The van der Waals surface area contributed by atoms with Crippen molar-refractivity contribution >= 4 is 5.69 Å². The topological polar surface area (TPSA) is 47.3 Å². The Kier molecular flexibility index (Phi) is 3.87. The summed E-state index contributed by atoms with van der Waals surface area (Å²) in [4.78, 5) is 4.19. The quantitative estimate of drug-likeness (QED) is 0.928. The van der Waals surface area contributed by atoms with Crippen LogP contribution >= 0.6 is 0 Å². The fraction of sp³-hybridized carbons (Fsp3) is 0.308. The maximum absolute atomic E-state index is 12.0. The van der Waals surface area contributed by atoms with Crippen molar-refractivity contribution in [3.63, 3.8) is 0 Å². The van der Waals surface area contributed by atoms with Gasteiger partial charge in [0, 0.05) is 5.69 Å². The van der Waals surface area contributed by atoms with E-state index in [2.05, 4.69) is 15.0 Å². The van der Waals surface area contributed by atoms with E-state index in [1.54, 1.807) is 0 Å². The summed E-state index contributed by atoms with van der Waals surface area (Å²) < 4.78 is 45.1. The molecule has 0 atom stereocenters. The van der Waals surface area contributed by atoms with Crippen LogP contribution < -0.4 is 10.1 Å². The SMILES string of the molecule is Cc1nc(CNc2ccc(OC(F)(F)F)cc2)oc1C. The Morgan fingerprint density at radius 2 is 1.85 bits per heavy atom. The second-order valence-electron chi connectivity index (χ2n) is 4.17. The van der Waals surface area contributed by atoms with Crippen molar-refractivity contribution in [3.8, 4) is 5.75 Å². The Balaban J connectivity index is 1.94. The molecule has 1 N–H and O–H groups in total. The molecular weight excluding hydrogens is 273 g/mol. The van der Waals surface area contributed by atoms with Crippen molar-refractivity contribution in [1.82, 2.24) is 4.98 Å². The molecule has 0 spiro atoms. The Morgan fingerprint density at radius 1 is 1.20 bits per heavy atom. The third-order valence-electron chi connectivity index (χ3n) is 2.60. The summed E-state index contributed by atoms with van der Waals surface area (Å²) in [5.41, 5.74) is 1.46. The van der Waals surface area contributed by atoms with Crippen LogP contribution in [0.3, 0.4) is 0 Å². The molecule has 0 aliphatic heterocycles. The zero-order valence-corrected chi connectivity index (χ0v) is 10.9. The van der Waals surface area contributed by atoms with Gasteiger partial charge in [0.2, 0.25) is 5.89 Å². The molecule has 0 radical (unpaired) electrons. The van der Waals surface area contributed by atoms with Gasteiger partial charge in [-0.2, -0.15) is 0 Å². The summed E-state index contributed by atoms with van der Waals surface area (Å²) in [7, 11) is 0. The zero-order valence-electron chi connectivity index (χ0n) is 10.9. The number of anilines is 1. The van der Waals surface area contributed by atoms with Crippen LogP contribution in [-0.4, -0.2) is 11.3 Å². The van der Waals surface area contributed by atoms with Gasteiger partial charge in [0.1, 0.15) is 11.5 Å². The van der Waals surface area contributed by atoms with Crippen LogP contribution in [0.5, 0.6) is 5.75 Å². The highest BCUT2D eigenvalue weighted by Gasteiger charge is 2.30. The smallest absolute Gasteiger partial charge is 0.444 e. The zero-order chi connectivity index (χ0) is 14.8. The van der Waals surface area contributed by atoms with Crippen molar-refractivity contribution in [3.05, 3.63) is 41.6 Å². The third-order valence-corrected chi connectivity index (χ3v) is 2.60. The number of hydrogen-bond donors (Lipinski definition) is 1. The van der Waals surface area contributed by atoms with E-state index in [0.29, 0.717) is 18.1 Å². The van der Waals surface area contributed by atoms with Crippen LogP contribution in [-0.2, 0) is 6.54 Å². The van der Waals surface area contributed by atoms with E-state index in [0.717, 1.165) is 11.5 Å². The van der Waals surface area contributed by atoms with E-state index in [-0.39, 0.29) is 5.75 Å². The second kappa shape index (κ2) is 5.44. The molecule has 7 heteroatoms. The number of oxazole rings is 1. The largest absolute Gasteiger partial charge is 0.573 e. The van der Waals surface area contributed by atoms with Crippen molar-refractivity contribution < 1.29 is 22.3 Å². The van der Waals surface area contributed by atoms with E-state index in [4.69, 9.17) is 4.42 Å². The molecule has 4 nitrogen and oxygen atoms in total. The van der Waals surface area contributed by atoms with Gasteiger partial charge in [-0.15, -0.1) is 13.2 Å². The van der Waals surface area contributed by atoms with E-state index in [1.807, 2.05) is 13.8 Å². The molecule has 2 aromatic rings. The number of alkyl halides is 3. The predicted octanol–water partition coefficient (Wildman–Crippen LogP) is 3.80. The average molecular weight is 286 g/mol. The lowest BCUT2D eigenvalue weighted by Crippen LogP contribution is -2.17. The number of nitrogens with one attached hydrogen (secondary N) is 1. The molecule has 0 bridgehead atoms. The van der Waals surface area contributed by atoms with Crippen LogP contribution in [0.1, 0.15) is 17.3 Å². The van der Waals surface area contributed by atoms with Crippen molar-refractivity contribution in [2.45, 2.75) is 26.8 Å². The van der Waals surface area contributed by atoms with E-state index in [1.165, 1.54) is 24.3 Å². The Labute approximate surface area is 113 Å². The van der Waals surface area contributed by atoms with E-state index >= 15 is 0 Å². The van der Waals surface area contributed by atoms with Crippen LogP contribution in [0.15, 0.2) is 28.7 Å². The normalized spacial score (nSPS) is 11.4. The molecule has 2 rings (SSSR count). The standard InChI is InChI=1S/C13H13F3N2O2/c1-8-9(2)19-12(18-8)7-17-10-3-5-11(6-4-10)20-13(14,15)16/h3-6,17H,7H2,1-2H3. The highest BCUT2D eigenvalue weighted by atomic mass is 19.4. The van der Waals surface area contributed by atoms with Crippen LogP contribution in [0.2, 0.25) is 0 Å². The minimum atomic E-state index is -4.68. The summed E-state index contributed by atoms with van der Waals surface area (Å²) in [5.74, 6) is 1.01. The number of rotatable bonds is 4. The summed E-state index contributed by atoms with van der Waals surface area (Å²) in [5, 5.41) is 3.00. The lowest BCUT2D eigenvalue weighted by Gasteiger charge is -2.09. The lowest BCUT2D eigenvalue weighted by molar-refractivity contribution is -0.274. The molecule has 1 aromatic heterocycles. The number of benzene rings is 1. The van der Waals surface area contributed by atoms with Crippen LogP contribution in [0.4, 0.5) is 18.9 Å². The number of hydrogen-bond acceptors (Lipinski definition) is 4. The maximum atomic E-state index is 12.0. The van der Waals surface area contributed by atoms with Gasteiger partial charge >= 0.3 is 6.36 Å². The molecule has 0 fully saturated rings. The summed E-state index contributed by atoms with van der Waals surface area (Å²) in [6, 6.07) is 5.46. The Bertz CT molecular complexity index is 557. The van der Waals surface area contributed by atoms with E-state index in [9.17, 15) is 13.2 Å². The highest BCUT2D eigenvalue weighted by molar-refractivity contribution is 5.46. The van der Waals surface area contributed by atoms with Gasteiger partial charge in [0.25, 0.3) is 0 Å². The first-order valence-corrected chi connectivity index (χ1v) is 5.86. The highest BCUT2D eigenvalue weighted by Crippen LogP contribution is 2.24. The predicted molar refractivity (Wildman–Crippen MR) is 66.4 cm³/mol. The summed E-state index contributed by atoms with van der Waals surface area (Å²) in [6.07, 6.45) is -4.68. The number of aromatic nitrogens is 1. The van der Waals surface area contributed by atoms with Crippen LogP contribution in [0.25, 0.3) is 0 Å². The lowest BCUT2D eigenvalue weighted by atomic mass is 10.3. The van der Waals surface area contributed by atoms with Gasteiger partial charge < -0.3 is 14.5 Å². The molecule has 0 saturated carbocycles. The molecule has 0 saturated heterocycles. The molecule has 0 amide bonds. The monoisotopic (exact) mass is 286 g/mol. The van der Waals surface area contributed by atoms with Gasteiger partial charge in [0.05, 0.1) is 12.2 Å². The molecule has 0 aliphatic rings. The van der Waals surface area contributed by atoms with E-state index < -0.39 is 6.36 Å². The molecule has 1 heterocycles. The average Bonchev–Trinajstić information content (AvgIpc) is 2.66. The molecular formula is C13H13F3N2O2. The van der Waals surface area contributed by atoms with Crippen molar-refractivity contribution in [2.24, 2.45) is 0 Å². The maximum Gasteiger partial charge on any atom is 0.573 e. The minimum absolute atomic E-state index is 0.258. The second-order valence-corrected chi connectivity index (χ2v) is 4.17. The van der Waals surface area contributed by atoms with Gasteiger partial charge in [-0.1, -0.05) is 0 Å². The minimum Gasteiger partial charge on any atom is -0.444 e. The van der Waals surface area contributed by atoms with Gasteiger partial charge in [0.15, 0.2) is 0 Å². The first-order chi connectivity index (χ1) is 9.33. The van der Waals surface area contributed by atoms with Gasteiger partial charge in [-0.3, -0.25) is 0 Å². The fourth-order valence-corrected chi connectivity index (χ4v) is 1.57. The fourth-order valence-electron chi connectivity index (χ4n) is 1.57. The van der Waals surface area contributed by atoms with Crippen LogP contribution in [0, 0.1) is 13.8 Å². The van der Waals surface area contributed by atoms with Crippen molar-refractivity contribution in [1.29, 1.82) is 0 Å². The van der Waals surface area contributed by atoms with Gasteiger partial charge in [-0.25, -0.2) is 4.98 Å². The molecule has 1 aromatic carbocycles. The summed E-state index contributed by atoms with van der Waals surface area (Å²) >= 11 is 0. The number of ether oxygens (including phenoxy) is 1. The number of nitrogens with zero attached hydrogens (tertiary/aromatic N) is 1. The number of aryl methyl sites for hydroxylation is 2. The Morgan fingerprint density at radius 3 is 2.35 bits per heavy atom. The first-order valence-electron chi connectivity index (χ1n) is 5.86. The first kappa shape index (κ1) is 14.2. The molecule has 20 heavy (non-hydrogen) atoms. The molecule has 0 aliphatic carbocycles.